The number of hydrogen-bond acceptors (Lipinski definition) is 5. The number of piperazine rings is 1. The van der Waals surface area contributed by atoms with E-state index in [9.17, 15) is 26.4 Å². The second-order valence-corrected chi connectivity index (χ2v) is 8.46. The number of alkyl halides is 3. The van der Waals surface area contributed by atoms with E-state index >= 15 is 0 Å². The summed E-state index contributed by atoms with van der Waals surface area (Å²) in [6.07, 6.45) is -4.73. The monoisotopic (exact) mass is 442 g/mol. The smallest absolute Gasteiger partial charge is 0.368 e. The SMILES string of the molecule is NS(=O)(=O)c1ccc(N2CCN(CC(=O)Nc3ccccc3)CC2)c(C(F)(F)F)c1. The second kappa shape index (κ2) is 8.62. The Morgan fingerprint density at radius 1 is 1.03 bits per heavy atom. The van der Waals surface area contributed by atoms with E-state index in [-0.39, 0.29) is 31.2 Å². The first kappa shape index (κ1) is 22.1. The lowest BCUT2D eigenvalue weighted by atomic mass is 10.1. The lowest BCUT2D eigenvalue weighted by molar-refractivity contribution is -0.137. The molecule has 7 nitrogen and oxygen atoms in total. The Balaban J connectivity index is 1.66. The van der Waals surface area contributed by atoms with E-state index in [1.807, 2.05) is 11.0 Å². The van der Waals surface area contributed by atoms with Crippen LogP contribution in [0.25, 0.3) is 0 Å². The van der Waals surface area contributed by atoms with Gasteiger partial charge < -0.3 is 10.2 Å². The van der Waals surface area contributed by atoms with Gasteiger partial charge in [-0.3, -0.25) is 9.69 Å². The van der Waals surface area contributed by atoms with Gasteiger partial charge in [-0.15, -0.1) is 0 Å². The first-order valence-electron chi connectivity index (χ1n) is 9.10. The van der Waals surface area contributed by atoms with Crippen LogP contribution in [0.3, 0.4) is 0 Å². The van der Waals surface area contributed by atoms with Gasteiger partial charge in [0.25, 0.3) is 0 Å². The third-order valence-electron chi connectivity index (χ3n) is 4.74. The van der Waals surface area contributed by atoms with E-state index in [4.69, 9.17) is 5.14 Å². The molecule has 30 heavy (non-hydrogen) atoms. The number of halogens is 3. The van der Waals surface area contributed by atoms with Crippen LogP contribution in [0.1, 0.15) is 5.56 Å². The van der Waals surface area contributed by atoms with Gasteiger partial charge in [0.15, 0.2) is 0 Å². The van der Waals surface area contributed by atoms with Crippen molar-refractivity contribution in [2.75, 3.05) is 42.9 Å². The van der Waals surface area contributed by atoms with Crippen molar-refractivity contribution in [1.29, 1.82) is 0 Å². The highest BCUT2D eigenvalue weighted by atomic mass is 32.2. The van der Waals surface area contributed by atoms with Gasteiger partial charge in [0.2, 0.25) is 15.9 Å². The molecule has 11 heteroatoms. The fourth-order valence-electron chi connectivity index (χ4n) is 3.27. The Morgan fingerprint density at radius 3 is 2.23 bits per heavy atom. The Labute approximate surface area is 172 Å². The van der Waals surface area contributed by atoms with Crippen LogP contribution in [0, 0.1) is 0 Å². The number of para-hydroxylation sites is 1. The number of rotatable bonds is 5. The third kappa shape index (κ3) is 5.49. The first-order chi connectivity index (χ1) is 14.0. The molecule has 3 N–H and O–H groups in total. The molecule has 0 aromatic heterocycles. The number of nitrogens with zero attached hydrogens (tertiary/aromatic N) is 2. The van der Waals surface area contributed by atoms with Crippen molar-refractivity contribution in [2.45, 2.75) is 11.1 Å². The van der Waals surface area contributed by atoms with Crippen molar-refractivity contribution in [1.82, 2.24) is 4.90 Å². The highest BCUT2D eigenvalue weighted by Gasteiger charge is 2.36. The standard InChI is InChI=1S/C19H21F3N4O3S/c20-19(21,22)16-12-15(30(23,28)29)6-7-17(16)26-10-8-25(9-11-26)13-18(27)24-14-4-2-1-3-5-14/h1-7,12H,8-11,13H2,(H,24,27)(H2,23,28,29). The number of hydrogen-bond donors (Lipinski definition) is 2. The summed E-state index contributed by atoms with van der Waals surface area (Å²) in [6, 6.07) is 11.7. The van der Waals surface area contributed by atoms with Gasteiger partial charge in [0, 0.05) is 37.6 Å². The number of nitrogens with one attached hydrogen (secondary N) is 1. The van der Waals surface area contributed by atoms with Gasteiger partial charge >= 0.3 is 6.18 Å². The summed E-state index contributed by atoms with van der Waals surface area (Å²) in [5, 5.41) is 7.73. The number of benzene rings is 2. The molecule has 1 heterocycles. The zero-order chi connectivity index (χ0) is 21.9. The maximum Gasteiger partial charge on any atom is 0.418 e. The Kier molecular flexibility index (Phi) is 6.34. The van der Waals surface area contributed by atoms with E-state index in [1.54, 1.807) is 24.3 Å². The second-order valence-electron chi connectivity index (χ2n) is 6.90. The molecule has 3 rings (SSSR count). The van der Waals surface area contributed by atoms with Crippen LogP contribution >= 0.6 is 0 Å². The summed E-state index contributed by atoms with van der Waals surface area (Å²) in [6.45, 7) is 1.42. The highest BCUT2D eigenvalue weighted by Crippen LogP contribution is 2.38. The van der Waals surface area contributed by atoms with Crippen molar-refractivity contribution >= 4 is 27.3 Å². The molecule has 0 radical (unpaired) electrons. The molecule has 162 valence electrons. The first-order valence-corrected chi connectivity index (χ1v) is 10.6. The van der Waals surface area contributed by atoms with Gasteiger partial charge in [0.05, 0.1) is 17.0 Å². The third-order valence-corrected chi connectivity index (χ3v) is 5.65. The molecule has 1 aliphatic heterocycles. The molecular weight excluding hydrogens is 421 g/mol. The summed E-state index contributed by atoms with van der Waals surface area (Å²) in [5.41, 5.74) is -0.488. The molecule has 1 saturated heterocycles. The van der Waals surface area contributed by atoms with Crippen LogP contribution in [0.15, 0.2) is 53.4 Å². The van der Waals surface area contributed by atoms with Crippen molar-refractivity contribution in [3.8, 4) is 0 Å². The van der Waals surface area contributed by atoms with Crippen LogP contribution in [-0.4, -0.2) is 51.9 Å². The summed E-state index contributed by atoms with van der Waals surface area (Å²) in [7, 11) is -4.25. The molecule has 2 aromatic rings. The number of carbonyl (C=O) groups excluding carboxylic acids is 1. The minimum atomic E-state index is -4.73. The average molecular weight is 442 g/mol. The Hall–Kier alpha value is -2.63. The molecule has 0 unspecified atom stereocenters. The number of amides is 1. The van der Waals surface area contributed by atoms with E-state index in [0.29, 0.717) is 24.8 Å². The van der Waals surface area contributed by atoms with Gasteiger partial charge in [-0.05, 0) is 30.3 Å². The number of carbonyl (C=O) groups is 1. The topological polar surface area (TPSA) is 95.7 Å². The molecule has 1 fully saturated rings. The van der Waals surface area contributed by atoms with E-state index in [0.717, 1.165) is 12.1 Å². The fraction of sp³-hybridized carbons (Fsp3) is 0.316. The lowest BCUT2D eigenvalue weighted by Gasteiger charge is -2.36. The van der Waals surface area contributed by atoms with Crippen LogP contribution in [0.4, 0.5) is 24.5 Å². The lowest BCUT2D eigenvalue weighted by Crippen LogP contribution is -2.49. The zero-order valence-electron chi connectivity index (χ0n) is 15.9. The fourth-order valence-corrected chi connectivity index (χ4v) is 3.81. The van der Waals surface area contributed by atoms with Crippen LogP contribution in [-0.2, 0) is 21.0 Å². The molecule has 0 atom stereocenters. The van der Waals surface area contributed by atoms with E-state index < -0.39 is 26.7 Å². The number of sulfonamides is 1. The average Bonchev–Trinajstić information content (AvgIpc) is 2.67. The molecule has 2 aromatic carbocycles. The molecule has 1 aliphatic rings. The summed E-state index contributed by atoms with van der Waals surface area (Å²) in [5.74, 6) is -0.205. The Morgan fingerprint density at radius 2 is 1.67 bits per heavy atom. The molecule has 1 amide bonds. The van der Waals surface area contributed by atoms with E-state index in [1.165, 1.54) is 4.90 Å². The molecular formula is C19H21F3N4O3S. The number of anilines is 2. The van der Waals surface area contributed by atoms with Crippen molar-refractivity contribution < 1.29 is 26.4 Å². The summed E-state index contributed by atoms with van der Waals surface area (Å²) >= 11 is 0. The quantitative estimate of drug-likeness (QED) is 0.740. The molecule has 0 bridgehead atoms. The largest absolute Gasteiger partial charge is 0.418 e. The van der Waals surface area contributed by atoms with Crippen LogP contribution < -0.4 is 15.4 Å². The van der Waals surface area contributed by atoms with Crippen LogP contribution in [0.2, 0.25) is 0 Å². The molecule has 0 aliphatic carbocycles. The predicted molar refractivity (Wildman–Crippen MR) is 107 cm³/mol. The molecule has 0 saturated carbocycles. The molecule has 0 spiro atoms. The van der Waals surface area contributed by atoms with Gasteiger partial charge in [-0.2, -0.15) is 13.2 Å². The normalized spacial score (nSPS) is 15.8. The minimum absolute atomic E-state index is 0.108. The van der Waals surface area contributed by atoms with Crippen molar-refractivity contribution in [2.24, 2.45) is 5.14 Å². The zero-order valence-corrected chi connectivity index (χ0v) is 16.7. The predicted octanol–water partition coefficient (Wildman–Crippen LogP) is 2.11. The highest BCUT2D eigenvalue weighted by molar-refractivity contribution is 7.89. The van der Waals surface area contributed by atoms with Gasteiger partial charge in [-0.25, -0.2) is 13.6 Å². The van der Waals surface area contributed by atoms with Gasteiger partial charge in [-0.1, -0.05) is 18.2 Å². The van der Waals surface area contributed by atoms with Crippen molar-refractivity contribution in [3.05, 3.63) is 54.1 Å². The summed E-state index contributed by atoms with van der Waals surface area (Å²) in [4.78, 5) is 15.0. The summed E-state index contributed by atoms with van der Waals surface area (Å²) < 4.78 is 63.4. The Bertz CT molecular complexity index is 1010. The number of primary sulfonamides is 1. The van der Waals surface area contributed by atoms with Crippen molar-refractivity contribution in [3.63, 3.8) is 0 Å². The number of nitrogens with two attached hydrogens (primary N) is 1. The minimum Gasteiger partial charge on any atom is -0.368 e. The van der Waals surface area contributed by atoms with Gasteiger partial charge in [0.1, 0.15) is 0 Å². The maximum absolute atomic E-state index is 13.5. The van der Waals surface area contributed by atoms with Crippen LogP contribution in [0.5, 0.6) is 0 Å². The van der Waals surface area contributed by atoms with E-state index in [2.05, 4.69) is 5.32 Å². The maximum atomic E-state index is 13.5.